The summed E-state index contributed by atoms with van der Waals surface area (Å²) in [6, 6.07) is 15.2. The third-order valence-electron chi connectivity index (χ3n) is 6.12. The number of fused-ring (bicyclic) bond motifs is 1. The fraction of sp³-hybridized carbons (Fsp3) is 0.300. The van der Waals surface area contributed by atoms with Gasteiger partial charge < -0.3 is 18.8 Å². The highest BCUT2D eigenvalue weighted by Crippen LogP contribution is 2.36. The van der Waals surface area contributed by atoms with Crippen molar-refractivity contribution in [3.8, 4) is 23.3 Å². The van der Waals surface area contributed by atoms with Crippen molar-refractivity contribution >= 4 is 25.1 Å². The van der Waals surface area contributed by atoms with Crippen LogP contribution in [0.4, 0.5) is 8.78 Å². The number of para-hydroxylation sites is 1. The molecule has 4 aromatic rings. The van der Waals surface area contributed by atoms with Gasteiger partial charge in [0.1, 0.15) is 23.9 Å². The fourth-order valence-electron chi connectivity index (χ4n) is 4.12. The lowest BCUT2D eigenvalue weighted by atomic mass is 10.1. The van der Waals surface area contributed by atoms with Gasteiger partial charge in [0.05, 0.1) is 17.9 Å². The van der Waals surface area contributed by atoms with Crippen molar-refractivity contribution in [2.45, 2.75) is 51.7 Å². The van der Waals surface area contributed by atoms with E-state index in [0.717, 1.165) is 23.7 Å². The summed E-state index contributed by atoms with van der Waals surface area (Å²) in [5, 5.41) is 9.70. The average molecular weight is 564 g/mol. The van der Waals surface area contributed by atoms with Crippen molar-refractivity contribution in [1.29, 1.82) is 5.26 Å². The van der Waals surface area contributed by atoms with Crippen LogP contribution in [0.15, 0.2) is 60.9 Å². The van der Waals surface area contributed by atoms with Crippen LogP contribution in [0.5, 0.6) is 17.2 Å². The highest BCUT2D eigenvalue weighted by atomic mass is 28.3. The molecule has 0 aliphatic carbocycles. The lowest BCUT2D eigenvalue weighted by Gasteiger charge is -2.15. The van der Waals surface area contributed by atoms with Gasteiger partial charge in [-0.2, -0.15) is 5.26 Å². The summed E-state index contributed by atoms with van der Waals surface area (Å²) in [7, 11) is -1.26. The quantitative estimate of drug-likeness (QED) is 0.0797. The Kier molecular flexibility index (Phi) is 9.29. The fourth-order valence-corrected chi connectivity index (χ4v) is 4.87. The molecule has 0 unspecified atom stereocenters. The molecule has 10 heteroatoms. The second-order valence-corrected chi connectivity index (χ2v) is 16.2. The molecule has 0 radical (unpaired) electrons. The van der Waals surface area contributed by atoms with Crippen molar-refractivity contribution in [1.82, 2.24) is 9.55 Å². The van der Waals surface area contributed by atoms with E-state index >= 15 is 8.78 Å². The number of carbonyl (C=O) groups excluding carboxylic acids is 1. The van der Waals surface area contributed by atoms with E-state index in [1.54, 1.807) is 30.3 Å². The van der Waals surface area contributed by atoms with E-state index in [0.29, 0.717) is 29.8 Å². The van der Waals surface area contributed by atoms with Crippen molar-refractivity contribution in [2.24, 2.45) is 0 Å². The van der Waals surface area contributed by atoms with Crippen LogP contribution in [0, 0.1) is 23.0 Å². The summed E-state index contributed by atoms with van der Waals surface area (Å²) in [6.07, 6.45) is 3.67. The molecule has 40 heavy (non-hydrogen) atoms. The van der Waals surface area contributed by atoms with Gasteiger partial charge in [-0.05, 0) is 53.9 Å². The average Bonchev–Trinajstić information content (AvgIpc) is 3.25. The standard InChI is InChI=1S/C30H31F2N3O4Si/c1-40(2,3)15-14-37-20-35-19-22(8-7-12-33)28-26(11-13-34-30(28)35)39-29-24(31)16-21(17-25(29)32)18-27(36)38-23-9-5-4-6-10-23/h4-6,9-11,13,16-17,19H,7-8,14-15,18,20H2,1-3H3. The highest BCUT2D eigenvalue weighted by molar-refractivity contribution is 6.76. The zero-order chi connectivity index (χ0) is 28.7. The minimum Gasteiger partial charge on any atom is -0.450 e. The molecule has 0 aliphatic rings. The predicted octanol–water partition coefficient (Wildman–Crippen LogP) is 7.02. The summed E-state index contributed by atoms with van der Waals surface area (Å²) < 4.78 is 48.9. The Morgan fingerprint density at radius 1 is 1.10 bits per heavy atom. The molecule has 0 atom stereocenters. The molecule has 2 aromatic carbocycles. The number of halogens is 2. The molecule has 2 aromatic heterocycles. The van der Waals surface area contributed by atoms with Gasteiger partial charge in [-0.25, -0.2) is 13.8 Å². The summed E-state index contributed by atoms with van der Waals surface area (Å²) >= 11 is 0. The molecule has 0 aliphatic heterocycles. The zero-order valence-electron chi connectivity index (χ0n) is 22.7. The van der Waals surface area contributed by atoms with Gasteiger partial charge in [-0.1, -0.05) is 37.8 Å². The van der Waals surface area contributed by atoms with Crippen molar-refractivity contribution < 1.29 is 27.8 Å². The Morgan fingerprint density at radius 2 is 1.82 bits per heavy atom. The van der Waals surface area contributed by atoms with Crippen LogP contribution in [0.1, 0.15) is 17.5 Å². The number of aromatic nitrogens is 2. The first-order chi connectivity index (χ1) is 19.1. The molecule has 208 valence electrons. The number of carbonyl (C=O) groups is 1. The van der Waals surface area contributed by atoms with Crippen LogP contribution >= 0.6 is 0 Å². The van der Waals surface area contributed by atoms with E-state index in [9.17, 15) is 4.79 Å². The second-order valence-electron chi connectivity index (χ2n) is 10.6. The van der Waals surface area contributed by atoms with Gasteiger partial charge in [-0.15, -0.1) is 0 Å². The van der Waals surface area contributed by atoms with Crippen LogP contribution in [0.3, 0.4) is 0 Å². The molecule has 0 bridgehead atoms. The van der Waals surface area contributed by atoms with Crippen LogP contribution in [-0.2, 0) is 29.1 Å². The van der Waals surface area contributed by atoms with E-state index < -0.39 is 31.4 Å². The number of pyridine rings is 1. The number of hydrogen-bond donors (Lipinski definition) is 0. The van der Waals surface area contributed by atoms with Crippen LogP contribution < -0.4 is 9.47 Å². The van der Waals surface area contributed by atoms with Gasteiger partial charge in [-0.3, -0.25) is 4.79 Å². The molecular formula is C30H31F2N3O4Si. The molecule has 4 rings (SSSR count). The number of ether oxygens (including phenoxy) is 3. The first-order valence-electron chi connectivity index (χ1n) is 13.0. The van der Waals surface area contributed by atoms with Crippen molar-refractivity contribution in [3.05, 3.63) is 83.7 Å². The van der Waals surface area contributed by atoms with E-state index in [1.807, 2.05) is 10.8 Å². The maximum Gasteiger partial charge on any atom is 0.315 e. The maximum atomic E-state index is 15.1. The molecule has 7 nitrogen and oxygen atoms in total. The number of nitrogens with zero attached hydrogens (tertiary/aromatic N) is 3. The predicted molar refractivity (Wildman–Crippen MR) is 150 cm³/mol. The summed E-state index contributed by atoms with van der Waals surface area (Å²) in [5.74, 6) is -2.62. The Balaban J connectivity index is 1.56. The normalized spacial score (nSPS) is 11.4. The first kappa shape index (κ1) is 28.9. The SMILES string of the molecule is C[Si](C)(C)CCOCn1cc(CCC#N)c2c(Oc3c(F)cc(CC(=O)Oc4ccccc4)cc3F)ccnc21. The number of benzene rings is 2. The summed E-state index contributed by atoms with van der Waals surface area (Å²) in [6.45, 7) is 7.68. The highest BCUT2D eigenvalue weighted by Gasteiger charge is 2.20. The van der Waals surface area contributed by atoms with E-state index in [1.165, 1.54) is 12.3 Å². The molecule has 0 saturated carbocycles. The Morgan fingerprint density at radius 3 is 2.50 bits per heavy atom. The molecule has 0 amide bonds. The molecule has 0 spiro atoms. The number of rotatable bonds is 12. The second kappa shape index (κ2) is 12.9. The van der Waals surface area contributed by atoms with Crippen molar-refractivity contribution in [3.63, 3.8) is 0 Å². The van der Waals surface area contributed by atoms with E-state index in [-0.39, 0.29) is 30.9 Å². The summed E-state index contributed by atoms with van der Waals surface area (Å²) in [5.41, 5.74) is 1.40. The lowest BCUT2D eigenvalue weighted by molar-refractivity contribution is -0.133. The van der Waals surface area contributed by atoms with Crippen LogP contribution in [0.25, 0.3) is 11.0 Å². The summed E-state index contributed by atoms with van der Waals surface area (Å²) in [4.78, 5) is 16.7. The minimum atomic E-state index is -1.26. The smallest absolute Gasteiger partial charge is 0.315 e. The molecular weight excluding hydrogens is 532 g/mol. The zero-order valence-corrected chi connectivity index (χ0v) is 23.7. The largest absolute Gasteiger partial charge is 0.450 e. The van der Waals surface area contributed by atoms with Gasteiger partial charge in [0.15, 0.2) is 17.4 Å². The third kappa shape index (κ3) is 7.52. The Labute approximate surface area is 232 Å². The van der Waals surface area contributed by atoms with E-state index in [4.69, 9.17) is 19.5 Å². The number of aryl methyl sites for hydroxylation is 1. The molecule has 0 N–H and O–H groups in total. The number of nitriles is 1. The minimum absolute atomic E-state index is 0.111. The molecule has 0 saturated heterocycles. The molecule has 2 heterocycles. The number of hydrogen-bond acceptors (Lipinski definition) is 6. The maximum absolute atomic E-state index is 15.1. The first-order valence-corrected chi connectivity index (χ1v) is 16.7. The van der Waals surface area contributed by atoms with Gasteiger partial charge in [0.25, 0.3) is 0 Å². The third-order valence-corrected chi connectivity index (χ3v) is 7.83. The van der Waals surface area contributed by atoms with Crippen LogP contribution in [-0.4, -0.2) is 30.2 Å². The number of esters is 1. The molecule has 0 fully saturated rings. The van der Waals surface area contributed by atoms with Crippen LogP contribution in [0.2, 0.25) is 25.7 Å². The Bertz CT molecular complexity index is 1500. The topological polar surface area (TPSA) is 86.4 Å². The van der Waals surface area contributed by atoms with Gasteiger partial charge in [0.2, 0.25) is 0 Å². The van der Waals surface area contributed by atoms with Gasteiger partial charge >= 0.3 is 5.97 Å². The monoisotopic (exact) mass is 563 g/mol. The van der Waals surface area contributed by atoms with Crippen molar-refractivity contribution in [2.75, 3.05) is 6.61 Å². The Hall–Kier alpha value is -4.07. The van der Waals surface area contributed by atoms with Gasteiger partial charge in [0, 0.05) is 33.5 Å². The van der Waals surface area contributed by atoms with E-state index in [2.05, 4.69) is 30.7 Å². The lowest BCUT2D eigenvalue weighted by Crippen LogP contribution is -2.22.